The van der Waals surface area contributed by atoms with Crippen molar-refractivity contribution >= 4 is 35.0 Å². The molecule has 0 radical (unpaired) electrons. The van der Waals surface area contributed by atoms with Gasteiger partial charge in [-0.2, -0.15) is 0 Å². The van der Waals surface area contributed by atoms with E-state index in [1.54, 1.807) is 6.08 Å². The Labute approximate surface area is 198 Å². The zero-order valence-corrected chi connectivity index (χ0v) is 20.0. The van der Waals surface area contributed by atoms with Gasteiger partial charge in [0.05, 0.1) is 12.2 Å². The number of aromatic nitrogens is 3. The molecule has 8 heteroatoms. The van der Waals surface area contributed by atoms with Crippen molar-refractivity contribution in [2.45, 2.75) is 45.3 Å². The quantitative estimate of drug-likeness (QED) is 0.340. The number of benzene rings is 2. The minimum atomic E-state index is -0.169. The van der Waals surface area contributed by atoms with Crippen LogP contribution in [0.1, 0.15) is 29.4 Å². The molecular weight excluding hydrogens is 434 g/mol. The molecule has 0 spiro atoms. The molecule has 0 atom stereocenters. The molecule has 33 heavy (non-hydrogen) atoms. The molecule has 1 aromatic heterocycles. The van der Waals surface area contributed by atoms with Crippen LogP contribution in [0.5, 0.6) is 0 Å². The molecule has 0 aliphatic carbocycles. The van der Waals surface area contributed by atoms with Gasteiger partial charge in [0, 0.05) is 17.9 Å². The summed E-state index contributed by atoms with van der Waals surface area (Å²) in [6, 6.07) is 13.6. The average molecular weight is 464 g/mol. The Morgan fingerprint density at radius 1 is 1.06 bits per heavy atom. The lowest BCUT2D eigenvalue weighted by atomic mass is 10.1. The van der Waals surface area contributed by atoms with Gasteiger partial charge in [-0.25, -0.2) is 0 Å². The molecular formula is C25H29N5O2S. The predicted molar refractivity (Wildman–Crippen MR) is 134 cm³/mol. The number of rotatable bonds is 10. The molecule has 7 nitrogen and oxygen atoms in total. The number of carbonyl (C=O) groups is 2. The largest absolute Gasteiger partial charge is 0.325 e. The molecule has 2 aromatic carbocycles. The van der Waals surface area contributed by atoms with E-state index in [-0.39, 0.29) is 24.0 Å². The number of nitrogens with one attached hydrogen (secondary N) is 2. The van der Waals surface area contributed by atoms with Crippen LogP contribution in [0.3, 0.4) is 0 Å². The molecule has 0 fully saturated rings. The number of allylic oxidation sites excluding steroid dienone is 1. The normalized spacial score (nSPS) is 10.6. The predicted octanol–water partition coefficient (Wildman–Crippen LogP) is 4.56. The van der Waals surface area contributed by atoms with E-state index < -0.39 is 0 Å². The smallest absolute Gasteiger partial charge is 0.234 e. The third-order valence-electron chi connectivity index (χ3n) is 5.08. The van der Waals surface area contributed by atoms with Crippen molar-refractivity contribution in [3.8, 4) is 0 Å². The summed E-state index contributed by atoms with van der Waals surface area (Å²) in [5.41, 5.74) is 4.83. The Balaban J connectivity index is 1.64. The maximum absolute atomic E-state index is 12.7. The minimum absolute atomic E-state index is 0.0776. The van der Waals surface area contributed by atoms with Gasteiger partial charge in [0.15, 0.2) is 5.16 Å². The first-order valence-corrected chi connectivity index (χ1v) is 11.8. The number of para-hydroxylation sites is 1. The highest BCUT2D eigenvalue weighted by Gasteiger charge is 2.17. The van der Waals surface area contributed by atoms with Crippen LogP contribution in [-0.2, 0) is 29.0 Å². The van der Waals surface area contributed by atoms with Crippen LogP contribution in [0.25, 0.3) is 0 Å². The van der Waals surface area contributed by atoms with E-state index in [4.69, 9.17) is 0 Å². The van der Waals surface area contributed by atoms with Crippen molar-refractivity contribution < 1.29 is 9.59 Å². The van der Waals surface area contributed by atoms with Crippen LogP contribution in [0, 0.1) is 13.8 Å². The van der Waals surface area contributed by atoms with Crippen LogP contribution in [0.2, 0.25) is 0 Å². The van der Waals surface area contributed by atoms with Crippen molar-refractivity contribution in [3.05, 3.63) is 77.6 Å². The SMILES string of the molecule is C=CCn1c(CC(=O)Nc2ccccc2CC)nnc1SCC(=O)Nc1ccc(C)cc1C. The van der Waals surface area contributed by atoms with Gasteiger partial charge >= 0.3 is 0 Å². The Hall–Kier alpha value is -3.39. The Morgan fingerprint density at radius 2 is 1.82 bits per heavy atom. The van der Waals surface area contributed by atoms with Crippen molar-refractivity contribution in [2.24, 2.45) is 0 Å². The summed E-state index contributed by atoms with van der Waals surface area (Å²) in [6.45, 7) is 10.3. The molecule has 3 rings (SSSR count). The summed E-state index contributed by atoms with van der Waals surface area (Å²) < 4.78 is 1.81. The fraction of sp³-hybridized carbons (Fsp3) is 0.280. The van der Waals surface area contributed by atoms with Gasteiger partial charge in [-0.05, 0) is 43.5 Å². The van der Waals surface area contributed by atoms with Gasteiger partial charge in [-0.3, -0.25) is 9.59 Å². The molecule has 0 unspecified atom stereocenters. The van der Waals surface area contributed by atoms with Gasteiger partial charge < -0.3 is 15.2 Å². The summed E-state index contributed by atoms with van der Waals surface area (Å²) in [4.78, 5) is 25.1. The number of hydrogen-bond donors (Lipinski definition) is 2. The molecule has 0 saturated carbocycles. The first-order valence-electron chi connectivity index (χ1n) is 10.8. The van der Waals surface area contributed by atoms with Crippen LogP contribution in [0.15, 0.2) is 60.3 Å². The van der Waals surface area contributed by atoms with Gasteiger partial charge in [-0.15, -0.1) is 16.8 Å². The van der Waals surface area contributed by atoms with E-state index >= 15 is 0 Å². The zero-order valence-electron chi connectivity index (χ0n) is 19.2. The second kappa shape index (κ2) is 11.5. The van der Waals surface area contributed by atoms with E-state index in [9.17, 15) is 9.59 Å². The van der Waals surface area contributed by atoms with Gasteiger partial charge in [0.2, 0.25) is 11.8 Å². The monoisotopic (exact) mass is 463 g/mol. The fourth-order valence-electron chi connectivity index (χ4n) is 3.43. The fourth-order valence-corrected chi connectivity index (χ4v) is 4.19. The maximum atomic E-state index is 12.7. The summed E-state index contributed by atoms with van der Waals surface area (Å²) >= 11 is 1.28. The van der Waals surface area contributed by atoms with Crippen molar-refractivity contribution in [2.75, 3.05) is 16.4 Å². The number of nitrogens with zero attached hydrogens (tertiary/aromatic N) is 3. The van der Waals surface area contributed by atoms with Gasteiger partial charge in [-0.1, -0.05) is 60.7 Å². The Morgan fingerprint density at radius 3 is 2.55 bits per heavy atom. The van der Waals surface area contributed by atoms with E-state index in [2.05, 4.69) is 27.4 Å². The maximum Gasteiger partial charge on any atom is 0.234 e. The summed E-state index contributed by atoms with van der Waals surface area (Å²) in [6.07, 6.45) is 2.62. The van der Waals surface area contributed by atoms with Crippen LogP contribution < -0.4 is 10.6 Å². The number of thioether (sulfide) groups is 1. The van der Waals surface area contributed by atoms with E-state index in [0.717, 1.165) is 34.5 Å². The lowest BCUT2D eigenvalue weighted by Gasteiger charge is -2.11. The van der Waals surface area contributed by atoms with Gasteiger partial charge in [0.1, 0.15) is 5.82 Å². The van der Waals surface area contributed by atoms with Crippen LogP contribution in [-0.4, -0.2) is 32.3 Å². The molecule has 172 valence electrons. The summed E-state index contributed by atoms with van der Waals surface area (Å²) in [7, 11) is 0. The van der Waals surface area contributed by atoms with Crippen molar-refractivity contribution in [1.82, 2.24) is 14.8 Å². The molecule has 0 saturated heterocycles. The van der Waals surface area contributed by atoms with E-state index in [0.29, 0.717) is 17.5 Å². The van der Waals surface area contributed by atoms with Crippen LogP contribution >= 0.6 is 11.8 Å². The summed E-state index contributed by atoms with van der Waals surface area (Å²) in [5.74, 6) is 0.408. The first-order chi connectivity index (χ1) is 15.9. The van der Waals surface area contributed by atoms with E-state index in [1.165, 1.54) is 11.8 Å². The average Bonchev–Trinajstić information content (AvgIpc) is 3.16. The third-order valence-corrected chi connectivity index (χ3v) is 6.05. The van der Waals surface area contributed by atoms with E-state index in [1.807, 2.05) is 67.8 Å². The van der Waals surface area contributed by atoms with Gasteiger partial charge in [0.25, 0.3) is 0 Å². The lowest BCUT2D eigenvalue weighted by molar-refractivity contribution is -0.116. The third kappa shape index (κ3) is 6.55. The zero-order chi connectivity index (χ0) is 23.8. The second-order valence-electron chi connectivity index (χ2n) is 7.69. The molecule has 0 bridgehead atoms. The van der Waals surface area contributed by atoms with Crippen molar-refractivity contribution in [3.63, 3.8) is 0 Å². The second-order valence-corrected chi connectivity index (χ2v) is 8.63. The highest BCUT2D eigenvalue weighted by atomic mass is 32.2. The highest BCUT2D eigenvalue weighted by Crippen LogP contribution is 2.21. The molecule has 2 amide bonds. The molecule has 2 N–H and O–H groups in total. The summed E-state index contributed by atoms with van der Waals surface area (Å²) in [5, 5.41) is 14.9. The number of carbonyl (C=O) groups excluding carboxylic acids is 2. The first kappa shape index (κ1) is 24.3. The molecule has 3 aromatic rings. The number of hydrogen-bond acceptors (Lipinski definition) is 5. The molecule has 1 heterocycles. The Kier molecular flexibility index (Phi) is 8.43. The minimum Gasteiger partial charge on any atom is -0.325 e. The number of aryl methyl sites for hydroxylation is 3. The highest BCUT2D eigenvalue weighted by molar-refractivity contribution is 7.99. The standard InChI is InChI=1S/C25H29N5O2S/c1-5-13-30-22(15-23(31)27-21-10-8-7-9-19(21)6-2)28-29-25(30)33-16-24(32)26-20-12-11-17(3)14-18(20)4/h5,7-12,14H,1,6,13,15-16H2,2-4H3,(H,26,32)(H,27,31). The molecule has 0 aliphatic rings. The lowest BCUT2D eigenvalue weighted by Crippen LogP contribution is -2.19. The topological polar surface area (TPSA) is 88.9 Å². The van der Waals surface area contributed by atoms with Crippen LogP contribution in [0.4, 0.5) is 11.4 Å². The Bertz CT molecular complexity index is 1160. The number of amides is 2. The number of anilines is 2. The molecule has 0 aliphatic heterocycles. The van der Waals surface area contributed by atoms with Crippen molar-refractivity contribution in [1.29, 1.82) is 0 Å².